The predicted molar refractivity (Wildman–Crippen MR) is 142 cm³/mol. The van der Waals surface area contributed by atoms with Gasteiger partial charge in [-0.1, -0.05) is 43.7 Å². The highest BCUT2D eigenvalue weighted by atomic mass is 16.5. The minimum absolute atomic E-state index is 0.0644. The third kappa shape index (κ3) is 5.02. The quantitative estimate of drug-likeness (QED) is 0.317. The van der Waals surface area contributed by atoms with E-state index in [1.54, 1.807) is 17.7 Å². The summed E-state index contributed by atoms with van der Waals surface area (Å²) in [5.74, 6) is 1.44. The molecule has 0 saturated heterocycles. The summed E-state index contributed by atoms with van der Waals surface area (Å²) in [7, 11) is 1.64. The molecule has 0 radical (unpaired) electrons. The van der Waals surface area contributed by atoms with Gasteiger partial charge in [-0.25, -0.2) is 4.98 Å². The first kappa shape index (κ1) is 24.8. The van der Waals surface area contributed by atoms with Crippen LogP contribution in [0, 0.1) is 37.3 Å². The Hall–Kier alpha value is -4.35. The Kier molecular flexibility index (Phi) is 7.52. The lowest BCUT2D eigenvalue weighted by Crippen LogP contribution is -2.28. The topological polar surface area (TPSA) is 67.9 Å². The molecule has 0 aliphatic heterocycles. The molecule has 4 rings (SSSR count). The molecule has 36 heavy (non-hydrogen) atoms. The van der Waals surface area contributed by atoms with Crippen molar-refractivity contribution in [2.75, 3.05) is 7.11 Å². The van der Waals surface area contributed by atoms with Crippen LogP contribution in [-0.4, -0.2) is 16.7 Å². The van der Waals surface area contributed by atoms with E-state index in [9.17, 15) is 10.1 Å². The summed E-state index contributed by atoms with van der Waals surface area (Å²) in [4.78, 5) is 18.7. The van der Waals surface area contributed by atoms with Gasteiger partial charge in [0.15, 0.2) is 0 Å². The van der Waals surface area contributed by atoms with Crippen LogP contribution in [0.3, 0.4) is 0 Å². The number of methoxy groups -OCH3 is 1. The van der Waals surface area contributed by atoms with Crippen LogP contribution in [0.4, 0.5) is 0 Å². The molecule has 0 saturated carbocycles. The number of hydrogen-bond donors (Lipinski definition) is 0. The fourth-order valence-corrected chi connectivity index (χ4v) is 4.43. The minimum Gasteiger partial charge on any atom is -0.496 e. The third-order valence-corrected chi connectivity index (χ3v) is 6.35. The molecule has 5 nitrogen and oxygen atoms in total. The van der Waals surface area contributed by atoms with Crippen molar-refractivity contribution in [2.45, 2.75) is 46.5 Å². The number of unbranched alkanes of at least 4 members (excludes halogenated alkanes) is 1. The lowest BCUT2D eigenvalue weighted by Gasteiger charge is -2.16. The van der Waals surface area contributed by atoms with E-state index in [1.165, 1.54) is 0 Å². The Morgan fingerprint density at radius 3 is 2.56 bits per heavy atom. The van der Waals surface area contributed by atoms with E-state index in [0.717, 1.165) is 58.6 Å². The number of aryl methyl sites for hydroxylation is 3. The fraction of sp³-hybridized carbons (Fsp3) is 0.258. The van der Waals surface area contributed by atoms with Crippen molar-refractivity contribution in [3.8, 4) is 28.6 Å². The Bertz CT molecular complexity index is 1480. The SMILES string of the molecule is CCCCc1nc(C)n(-c2ccc(OC)c(C)c2)c(=O)c1Cc1c#cc(-c2ccccc2C#N)cc1. The summed E-state index contributed by atoms with van der Waals surface area (Å²) in [5.41, 5.74) is 6.25. The highest BCUT2D eigenvalue weighted by molar-refractivity contribution is 5.69. The normalized spacial score (nSPS) is 10.5. The van der Waals surface area contributed by atoms with Crippen LogP contribution in [0.2, 0.25) is 0 Å². The first-order chi connectivity index (χ1) is 17.5. The van der Waals surface area contributed by atoms with E-state index in [0.29, 0.717) is 23.4 Å². The van der Waals surface area contributed by atoms with Gasteiger partial charge in [0.25, 0.3) is 5.56 Å². The molecule has 4 aromatic rings. The number of nitrogens with zero attached hydrogens (tertiary/aromatic N) is 3. The number of benzene rings is 2. The van der Waals surface area contributed by atoms with Crippen molar-refractivity contribution in [1.82, 2.24) is 9.55 Å². The van der Waals surface area contributed by atoms with Crippen molar-refractivity contribution >= 4 is 0 Å². The maximum absolute atomic E-state index is 13.8. The molecule has 0 amide bonds. The van der Waals surface area contributed by atoms with Crippen LogP contribution in [0.5, 0.6) is 5.75 Å². The van der Waals surface area contributed by atoms with E-state index < -0.39 is 0 Å². The van der Waals surface area contributed by atoms with Crippen LogP contribution in [0.25, 0.3) is 16.8 Å². The molecule has 0 bridgehead atoms. The Balaban J connectivity index is 1.75. The van der Waals surface area contributed by atoms with Crippen LogP contribution in [0.1, 0.15) is 53.5 Å². The van der Waals surface area contributed by atoms with Gasteiger partial charge in [0, 0.05) is 28.7 Å². The summed E-state index contributed by atoms with van der Waals surface area (Å²) < 4.78 is 7.07. The molecule has 0 atom stereocenters. The van der Waals surface area contributed by atoms with Gasteiger partial charge in [0.2, 0.25) is 0 Å². The molecule has 0 aliphatic carbocycles. The molecule has 0 aliphatic rings. The second-order valence-corrected chi connectivity index (χ2v) is 8.84. The van der Waals surface area contributed by atoms with Crippen LogP contribution in [-0.2, 0) is 12.8 Å². The molecule has 0 unspecified atom stereocenters. The summed E-state index contributed by atoms with van der Waals surface area (Å²) in [6, 6.07) is 25.7. The molecule has 0 spiro atoms. The second-order valence-electron chi connectivity index (χ2n) is 8.84. The van der Waals surface area contributed by atoms with Gasteiger partial charge >= 0.3 is 0 Å². The lowest BCUT2D eigenvalue weighted by molar-refractivity contribution is 0.411. The number of aromatic nitrogens is 2. The Morgan fingerprint density at radius 1 is 1.08 bits per heavy atom. The maximum atomic E-state index is 13.8. The monoisotopic (exact) mass is 475 g/mol. The largest absolute Gasteiger partial charge is 0.496 e. The zero-order chi connectivity index (χ0) is 25.7. The number of hydrogen-bond acceptors (Lipinski definition) is 4. The Labute approximate surface area is 212 Å². The standard InChI is InChI=1S/C31H29N3O2/c1-5-6-11-29-28(19-23-12-14-24(15-13-23)27-10-8-7-9-25(27)20-32)31(35)34(22(3)33-29)26-16-17-30(36-4)21(2)18-26/h7-10,12,14,16-18H,5-6,11,19H2,1-4H3. The summed E-state index contributed by atoms with van der Waals surface area (Å²) in [6.07, 6.45) is 3.15. The van der Waals surface area contributed by atoms with Gasteiger partial charge in [-0.15, -0.1) is 0 Å². The number of ether oxygens (including phenoxy) is 1. The predicted octanol–water partition coefficient (Wildman–Crippen LogP) is 5.93. The average molecular weight is 476 g/mol. The van der Waals surface area contributed by atoms with Crippen molar-refractivity contribution in [3.05, 3.63) is 111 Å². The lowest BCUT2D eigenvalue weighted by atomic mass is 9.98. The second kappa shape index (κ2) is 10.9. The number of nitriles is 1. The number of rotatable bonds is 8. The van der Waals surface area contributed by atoms with Gasteiger partial charge in [-0.3, -0.25) is 9.36 Å². The van der Waals surface area contributed by atoms with Crippen LogP contribution >= 0.6 is 0 Å². The molecule has 0 N–H and O–H groups in total. The van der Waals surface area contributed by atoms with Crippen molar-refractivity contribution in [2.24, 2.45) is 0 Å². The van der Waals surface area contributed by atoms with Gasteiger partial charge in [0.1, 0.15) is 11.6 Å². The van der Waals surface area contributed by atoms with E-state index in [1.807, 2.05) is 62.4 Å². The highest BCUT2D eigenvalue weighted by Gasteiger charge is 2.17. The van der Waals surface area contributed by atoms with E-state index in [4.69, 9.17) is 9.72 Å². The minimum atomic E-state index is -0.0644. The van der Waals surface area contributed by atoms with E-state index in [-0.39, 0.29) is 5.56 Å². The van der Waals surface area contributed by atoms with Gasteiger partial charge in [-0.2, -0.15) is 5.26 Å². The zero-order valence-electron chi connectivity index (χ0n) is 21.2. The molecule has 1 aromatic heterocycles. The average Bonchev–Trinajstić information content (AvgIpc) is 2.89. The Morgan fingerprint density at radius 2 is 1.89 bits per heavy atom. The summed E-state index contributed by atoms with van der Waals surface area (Å²) in [6.45, 7) is 5.97. The van der Waals surface area contributed by atoms with E-state index >= 15 is 0 Å². The first-order valence-corrected chi connectivity index (χ1v) is 12.2. The third-order valence-electron chi connectivity index (χ3n) is 6.35. The van der Waals surface area contributed by atoms with Crippen molar-refractivity contribution in [3.63, 3.8) is 0 Å². The van der Waals surface area contributed by atoms with Crippen LogP contribution < -0.4 is 10.3 Å². The molecule has 1 heterocycles. The molecular weight excluding hydrogens is 446 g/mol. The van der Waals surface area contributed by atoms with Gasteiger partial charge in [-0.05, 0) is 68.7 Å². The molecule has 5 heteroatoms. The smallest absolute Gasteiger partial charge is 0.261 e. The summed E-state index contributed by atoms with van der Waals surface area (Å²) in [5, 5.41) is 9.42. The molecule has 180 valence electrons. The first-order valence-electron chi connectivity index (χ1n) is 12.2. The summed E-state index contributed by atoms with van der Waals surface area (Å²) >= 11 is 0. The van der Waals surface area contributed by atoms with E-state index in [2.05, 4.69) is 25.1 Å². The molecular formula is C31H29N3O2. The maximum Gasteiger partial charge on any atom is 0.261 e. The van der Waals surface area contributed by atoms with Crippen molar-refractivity contribution in [1.29, 1.82) is 5.26 Å². The zero-order valence-corrected chi connectivity index (χ0v) is 21.2. The highest BCUT2D eigenvalue weighted by Crippen LogP contribution is 2.23. The van der Waals surface area contributed by atoms with Gasteiger partial charge in [0.05, 0.1) is 30.1 Å². The molecule has 3 aromatic carbocycles. The van der Waals surface area contributed by atoms with Gasteiger partial charge < -0.3 is 4.74 Å². The fourth-order valence-electron chi connectivity index (χ4n) is 4.43. The molecule has 0 fully saturated rings. The van der Waals surface area contributed by atoms with Crippen molar-refractivity contribution < 1.29 is 4.74 Å². The van der Waals surface area contributed by atoms with Crippen LogP contribution in [0.15, 0.2) is 59.4 Å².